The average Bonchev–Trinajstić information content (AvgIpc) is 0.737. The van der Waals surface area contributed by atoms with Crippen molar-refractivity contribution in [3.8, 4) is 23.0 Å². The van der Waals surface area contributed by atoms with Gasteiger partial charge in [-0.15, -0.1) is 51.1 Å². The molecule has 11 aromatic carbocycles. The Morgan fingerprint density at radius 3 is 1.10 bits per heavy atom. The Balaban J connectivity index is 1.02. The Bertz CT molecular complexity index is 7680. The minimum Gasteiger partial charge on any atom is -0.507 e. The van der Waals surface area contributed by atoms with Gasteiger partial charge < -0.3 is 26.2 Å². The van der Waals surface area contributed by atoms with Gasteiger partial charge in [-0.05, 0) is 102 Å². The van der Waals surface area contributed by atoms with Gasteiger partial charge in [0.05, 0.1) is 53.1 Å². The summed E-state index contributed by atoms with van der Waals surface area (Å²) in [6.45, 7) is 0. The number of phenols is 4. The molecule has 16 N–H and O–H groups in total. The summed E-state index contributed by atoms with van der Waals surface area (Å²) in [6.07, 6.45) is 0. The molecule has 0 radical (unpaired) electrons. The number of nitrogens with two attached hydrogens (primary N) is 1. The van der Waals surface area contributed by atoms with E-state index < -0.39 is 289 Å². The average molecular weight is 1770 g/mol. The molecular formula is C56H36N12O36S10. The minimum atomic E-state index is -5.98. The molecule has 11 aromatic rings. The number of hydrogen-bond acceptors (Lipinski definition) is 37. The van der Waals surface area contributed by atoms with Crippen molar-refractivity contribution in [2.75, 3.05) is 5.73 Å². The summed E-state index contributed by atoms with van der Waals surface area (Å²) in [7, 11) is -56.1. The van der Waals surface area contributed by atoms with Crippen molar-refractivity contribution in [1.29, 1.82) is 0 Å². The van der Waals surface area contributed by atoms with Gasteiger partial charge in [0.15, 0.2) is 17.2 Å². The second-order valence-corrected chi connectivity index (χ2v) is 36.8. The number of non-ortho nitro benzene ring substituents is 1. The van der Waals surface area contributed by atoms with Crippen LogP contribution in [-0.4, -0.2) is 155 Å². The van der Waals surface area contributed by atoms with Crippen LogP contribution < -0.4 is 5.73 Å². The van der Waals surface area contributed by atoms with E-state index in [1.54, 1.807) is 0 Å². The standard InChI is InChI=1S/C56H36N12O36S10/c57-48-39(20-41(108(84,85)86)32-19-45(112(96,97)98)51(54(72)47(32)48)67-60-35-6-1-22(68(73)74)13-42(35)109(87,88)89)64-61-36-7-4-27-30(55(36)113(99,100)101)17-44(111(93,94)95)50(53(27)71)66-62-37-8-5-28-31(56(37)114(102,103)104)18-43(110(90,91)92)49(52(28)70)65-59-34-10-9-33(26-3-2-23(14-29(26)34)105(75,76)77)58-63-38-15-24(106(78,79)80)11-21-12-25(107(81,82)83)16-40(69)46(21)38/h1-20,69-72H,57H2,(H,75,76,77)(H,78,79,80)(H,81,82,83)(H,84,85,86)(H,87,88,89)(H,90,91,92)(H,93,94,95)(H,96,97,98)(H,99,100,101)(H,102,103,104). The van der Waals surface area contributed by atoms with Gasteiger partial charge in [-0.1, -0.05) is 6.07 Å². The first kappa shape index (κ1) is 83.2. The predicted molar refractivity (Wildman–Crippen MR) is 383 cm³/mol. The molecule has 0 bridgehead atoms. The molecule has 0 aliphatic carbocycles. The Kier molecular flexibility index (Phi) is 20.7. The maximum absolute atomic E-state index is 13.4. The van der Waals surface area contributed by atoms with Crippen molar-refractivity contribution in [1.82, 2.24) is 0 Å². The highest BCUT2D eigenvalue weighted by atomic mass is 32.3. The van der Waals surface area contributed by atoms with Gasteiger partial charge in [-0.25, -0.2) is 0 Å². The Labute approximate surface area is 634 Å². The zero-order valence-corrected chi connectivity index (χ0v) is 62.5. The second kappa shape index (κ2) is 28.4. The zero-order chi connectivity index (χ0) is 84.6. The molecule has 0 saturated heterocycles. The van der Waals surface area contributed by atoms with E-state index in [1.165, 1.54) is 0 Å². The highest BCUT2D eigenvalue weighted by molar-refractivity contribution is 7.88. The maximum Gasteiger partial charge on any atom is 0.297 e. The number of nitro benzene ring substituents is 1. The number of nitro groups is 1. The molecule has 0 saturated carbocycles. The number of hydrogen-bond donors (Lipinski definition) is 15. The van der Waals surface area contributed by atoms with E-state index >= 15 is 0 Å². The summed E-state index contributed by atoms with van der Waals surface area (Å²) in [4.78, 5) is -3.52. The summed E-state index contributed by atoms with van der Waals surface area (Å²) in [5.41, 5.74) is -6.14. The van der Waals surface area contributed by atoms with Gasteiger partial charge in [-0.2, -0.15) is 84.2 Å². The normalized spacial score (nSPS) is 13.6. The van der Waals surface area contributed by atoms with Crippen LogP contribution in [0.5, 0.6) is 23.0 Å². The molecule has 0 unspecified atom stereocenters. The molecule has 0 aromatic heterocycles. The lowest BCUT2D eigenvalue weighted by molar-refractivity contribution is -0.385. The fraction of sp³-hybridized carbons (Fsp3) is 0. The van der Waals surface area contributed by atoms with Crippen molar-refractivity contribution in [3.05, 3.63) is 131 Å². The van der Waals surface area contributed by atoms with Crippen molar-refractivity contribution in [3.63, 3.8) is 0 Å². The lowest BCUT2D eigenvalue weighted by Crippen LogP contribution is -2.04. The van der Waals surface area contributed by atoms with Crippen molar-refractivity contribution in [2.45, 2.75) is 49.0 Å². The molecule has 58 heteroatoms. The van der Waals surface area contributed by atoms with Gasteiger partial charge in [0.1, 0.15) is 79.8 Å². The first-order chi connectivity index (χ1) is 52.3. The number of rotatable bonds is 21. The second-order valence-electron chi connectivity index (χ2n) is 22.9. The molecule has 114 heavy (non-hydrogen) atoms. The number of phenolic OH excluding ortho intramolecular Hbond substituents is 4. The van der Waals surface area contributed by atoms with Crippen LogP contribution in [0.15, 0.2) is 221 Å². The van der Waals surface area contributed by atoms with Crippen LogP contribution in [0.1, 0.15) is 0 Å². The van der Waals surface area contributed by atoms with Crippen LogP contribution in [0.3, 0.4) is 0 Å². The number of azo groups is 5. The summed E-state index contributed by atoms with van der Waals surface area (Å²) in [6, 6.07) is 11.5. The van der Waals surface area contributed by atoms with E-state index in [9.17, 15) is 160 Å². The lowest BCUT2D eigenvalue weighted by atomic mass is 10.0. The molecule has 0 aliphatic rings. The molecular weight excluding hydrogens is 1740 g/mol. The first-order valence-corrected chi connectivity index (χ1v) is 43.4. The minimum absolute atomic E-state index is 0.132. The van der Waals surface area contributed by atoms with E-state index in [1.807, 2.05) is 0 Å². The van der Waals surface area contributed by atoms with E-state index in [0.717, 1.165) is 24.3 Å². The largest absolute Gasteiger partial charge is 0.507 e. The predicted octanol–water partition coefficient (Wildman–Crippen LogP) is 10.3. The molecule has 0 amide bonds. The molecule has 0 atom stereocenters. The Hall–Kier alpha value is -11.8. The van der Waals surface area contributed by atoms with E-state index in [4.69, 9.17) is 5.73 Å². The van der Waals surface area contributed by atoms with Gasteiger partial charge in [0.25, 0.3) is 107 Å². The number of aromatic hydroxyl groups is 4. The molecule has 0 fully saturated rings. The molecule has 0 heterocycles. The van der Waals surface area contributed by atoms with Crippen LogP contribution in [-0.2, 0) is 101 Å². The van der Waals surface area contributed by atoms with Gasteiger partial charge in [0.2, 0.25) is 0 Å². The smallest absolute Gasteiger partial charge is 0.297 e. The maximum atomic E-state index is 13.4. The molecule has 0 spiro atoms. The fourth-order valence-electron chi connectivity index (χ4n) is 11.0. The summed E-state index contributed by atoms with van der Waals surface area (Å²) in [5.74, 6) is -5.62. The van der Waals surface area contributed by atoms with Crippen LogP contribution >= 0.6 is 0 Å². The number of benzene rings is 11. The van der Waals surface area contributed by atoms with Crippen molar-refractivity contribution in [2.24, 2.45) is 51.1 Å². The SMILES string of the molecule is Nc1c(N=Nc2ccc3c(O)c(N=Nc4ccc5c(O)c(N=Nc6ccc(N=Nc7cc(S(=O)(=O)O)cc8cc(S(=O)(=O)O)cc(O)c78)c7ccc(S(=O)(=O)O)cc67)c(S(=O)(=O)O)cc5c4S(=O)(=O)O)c(S(=O)(=O)O)cc3c2S(=O)(=O)O)cc(S(=O)(=O)O)c2cc(S(=O)(=O)O)c(N=Nc3ccc([N+](=O)[O-])cc3S(=O)(=O)O)c(O)c12. The van der Waals surface area contributed by atoms with Gasteiger partial charge in [-0.3, -0.25) is 55.6 Å². The first-order valence-electron chi connectivity index (χ1n) is 29.0. The Morgan fingerprint density at radius 1 is 0.281 bits per heavy atom. The molecule has 48 nitrogen and oxygen atoms in total. The molecule has 0 aliphatic heterocycles. The lowest BCUT2D eigenvalue weighted by Gasteiger charge is -2.15. The quantitative estimate of drug-likeness (QED) is 0.0104. The Morgan fingerprint density at radius 2 is 0.649 bits per heavy atom. The summed E-state index contributed by atoms with van der Waals surface area (Å²) in [5, 5.41) is 85.7. The van der Waals surface area contributed by atoms with Crippen molar-refractivity contribution < 1.29 is 155 Å². The highest BCUT2D eigenvalue weighted by Crippen LogP contribution is 2.52. The molecule has 596 valence electrons. The molecule has 11 rings (SSSR count). The zero-order valence-electron chi connectivity index (χ0n) is 54.4. The fourth-order valence-corrected chi connectivity index (χ4v) is 17.5. The van der Waals surface area contributed by atoms with Crippen LogP contribution in [0.2, 0.25) is 0 Å². The van der Waals surface area contributed by atoms with E-state index in [0.29, 0.717) is 66.7 Å². The van der Waals surface area contributed by atoms with E-state index in [2.05, 4.69) is 51.1 Å². The summed E-state index contributed by atoms with van der Waals surface area (Å²) < 4.78 is 357. The number of anilines is 1. The van der Waals surface area contributed by atoms with Crippen LogP contribution in [0.25, 0.3) is 53.9 Å². The third-order valence-electron chi connectivity index (χ3n) is 15.8. The van der Waals surface area contributed by atoms with Gasteiger partial charge >= 0.3 is 0 Å². The summed E-state index contributed by atoms with van der Waals surface area (Å²) >= 11 is 0. The number of nitrogen functional groups attached to an aromatic ring is 1. The third-order valence-corrected chi connectivity index (χ3v) is 24.6. The number of fused-ring (bicyclic) bond motifs is 5. The topological polar surface area (TPSA) is 817 Å². The number of nitrogens with zero attached hydrogens (tertiary/aromatic N) is 11. The monoisotopic (exact) mass is 1770 g/mol. The van der Waals surface area contributed by atoms with Crippen molar-refractivity contribution >= 4 is 223 Å². The highest BCUT2D eigenvalue weighted by Gasteiger charge is 2.34. The third kappa shape index (κ3) is 16.3. The van der Waals surface area contributed by atoms with Gasteiger partial charge in [0, 0.05) is 55.9 Å². The van der Waals surface area contributed by atoms with Crippen LogP contribution in [0, 0.1) is 10.1 Å². The van der Waals surface area contributed by atoms with E-state index in [-0.39, 0.29) is 41.4 Å². The van der Waals surface area contributed by atoms with Crippen LogP contribution in [0.4, 0.5) is 68.2 Å².